The number of nitrogens with one attached hydrogen (secondary N) is 1. The second-order valence-electron chi connectivity index (χ2n) is 3.84. The number of hydrogen-bond acceptors (Lipinski definition) is 5. The van der Waals surface area contributed by atoms with Crippen LogP contribution >= 0.6 is 11.3 Å². The second-order valence-corrected chi connectivity index (χ2v) is 4.76. The van der Waals surface area contributed by atoms with Gasteiger partial charge in [-0.2, -0.15) is 0 Å². The molecule has 0 radical (unpaired) electrons. The van der Waals surface area contributed by atoms with Gasteiger partial charge in [-0.3, -0.25) is 0 Å². The van der Waals surface area contributed by atoms with E-state index >= 15 is 0 Å². The van der Waals surface area contributed by atoms with E-state index in [2.05, 4.69) is 15.3 Å². The predicted octanol–water partition coefficient (Wildman–Crippen LogP) is 2.93. The van der Waals surface area contributed by atoms with Crippen LogP contribution in [-0.2, 0) is 6.61 Å². The summed E-state index contributed by atoms with van der Waals surface area (Å²) in [5.41, 5.74) is 2.72. The highest BCUT2D eigenvalue weighted by molar-refractivity contribution is 7.17. The fraction of sp³-hybridized carbons (Fsp3) is 0.0769. The summed E-state index contributed by atoms with van der Waals surface area (Å²) in [6.07, 6.45) is 1.55. The zero-order valence-electron chi connectivity index (χ0n) is 9.50. The van der Waals surface area contributed by atoms with Gasteiger partial charge < -0.3 is 10.4 Å². The molecule has 2 heterocycles. The Morgan fingerprint density at radius 2 is 2.17 bits per heavy atom. The van der Waals surface area contributed by atoms with Crippen LogP contribution in [0.4, 0.5) is 11.5 Å². The molecule has 0 atom stereocenters. The lowest BCUT2D eigenvalue weighted by molar-refractivity contribution is 0.282. The van der Waals surface area contributed by atoms with Gasteiger partial charge >= 0.3 is 0 Å². The highest BCUT2D eigenvalue weighted by atomic mass is 32.1. The van der Waals surface area contributed by atoms with Gasteiger partial charge in [0.15, 0.2) is 5.82 Å². The minimum Gasteiger partial charge on any atom is -0.392 e. The average Bonchev–Trinajstić information content (AvgIpc) is 2.88. The van der Waals surface area contributed by atoms with E-state index in [0.29, 0.717) is 0 Å². The molecule has 1 aromatic carbocycles. The minimum atomic E-state index is 0.0354. The molecule has 3 rings (SSSR count). The van der Waals surface area contributed by atoms with Crippen LogP contribution in [0.1, 0.15) is 5.56 Å². The maximum atomic E-state index is 9.12. The fourth-order valence-electron chi connectivity index (χ4n) is 1.76. The van der Waals surface area contributed by atoms with Gasteiger partial charge in [0.2, 0.25) is 0 Å². The van der Waals surface area contributed by atoms with E-state index in [0.717, 1.165) is 27.3 Å². The first-order valence-electron chi connectivity index (χ1n) is 5.52. The van der Waals surface area contributed by atoms with Crippen LogP contribution in [0.2, 0.25) is 0 Å². The number of aromatic nitrogens is 2. The Labute approximate surface area is 108 Å². The molecule has 0 unspecified atom stereocenters. The SMILES string of the molecule is OCc1cccc(Nc2ncnc3ccsc23)c1. The van der Waals surface area contributed by atoms with Gasteiger partial charge in [0.25, 0.3) is 0 Å². The van der Waals surface area contributed by atoms with Crippen LogP contribution in [-0.4, -0.2) is 15.1 Å². The molecule has 0 amide bonds. The van der Waals surface area contributed by atoms with Crippen molar-refractivity contribution in [2.45, 2.75) is 6.61 Å². The van der Waals surface area contributed by atoms with Crippen LogP contribution in [0, 0.1) is 0 Å². The number of anilines is 2. The zero-order chi connectivity index (χ0) is 12.4. The molecule has 0 aliphatic carbocycles. The summed E-state index contributed by atoms with van der Waals surface area (Å²) >= 11 is 1.61. The Bertz CT molecular complexity index is 681. The van der Waals surface area contributed by atoms with Crippen molar-refractivity contribution in [1.29, 1.82) is 0 Å². The topological polar surface area (TPSA) is 58.0 Å². The molecule has 90 valence electrons. The van der Waals surface area contributed by atoms with Gasteiger partial charge in [0, 0.05) is 5.69 Å². The summed E-state index contributed by atoms with van der Waals surface area (Å²) in [6, 6.07) is 9.60. The summed E-state index contributed by atoms with van der Waals surface area (Å²) in [6.45, 7) is 0.0354. The van der Waals surface area contributed by atoms with Crippen molar-refractivity contribution in [2.75, 3.05) is 5.32 Å². The first-order valence-corrected chi connectivity index (χ1v) is 6.40. The van der Waals surface area contributed by atoms with Gasteiger partial charge in [-0.25, -0.2) is 9.97 Å². The summed E-state index contributed by atoms with van der Waals surface area (Å²) in [5, 5.41) is 14.4. The number of aliphatic hydroxyl groups is 1. The quantitative estimate of drug-likeness (QED) is 0.757. The molecule has 0 aliphatic heterocycles. The number of rotatable bonds is 3. The average molecular weight is 257 g/mol. The van der Waals surface area contributed by atoms with Crippen LogP contribution in [0.3, 0.4) is 0 Å². The number of benzene rings is 1. The number of aliphatic hydroxyl groups excluding tert-OH is 1. The zero-order valence-corrected chi connectivity index (χ0v) is 10.3. The van der Waals surface area contributed by atoms with Crippen molar-refractivity contribution in [2.24, 2.45) is 0 Å². The van der Waals surface area contributed by atoms with E-state index in [4.69, 9.17) is 5.11 Å². The Morgan fingerprint density at radius 3 is 3.06 bits per heavy atom. The predicted molar refractivity (Wildman–Crippen MR) is 73.1 cm³/mol. The third kappa shape index (κ3) is 2.05. The van der Waals surface area contributed by atoms with Crippen molar-refractivity contribution in [1.82, 2.24) is 9.97 Å². The number of fused-ring (bicyclic) bond motifs is 1. The van der Waals surface area contributed by atoms with Crippen LogP contribution in [0.15, 0.2) is 42.0 Å². The Kier molecular flexibility index (Phi) is 2.92. The number of hydrogen-bond donors (Lipinski definition) is 2. The molecule has 2 N–H and O–H groups in total. The van der Waals surface area contributed by atoms with Crippen molar-refractivity contribution < 1.29 is 5.11 Å². The standard InChI is InChI=1S/C13H11N3OS/c17-7-9-2-1-3-10(6-9)16-13-12-11(4-5-18-12)14-8-15-13/h1-6,8,17H,7H2,(H,14,15,16). The third-order valence-electron chi connectivity index (χ3n) is 2.62. The Balaban J connectivity index is 1.98. The molecule has 0 saturated carbocycles. The minimum absolute atomic E-state index is 0.0354. The Hall–Kier alpha value is -1.98. The highest BCUT2D eigenvalue weighted by Gasteiger charge is 2.05. The van der Waals surface area contributed by atoms with E-state index in [1.807, 2.05) is 35.7 Å². The lowest BCUT2D eigenvalue weighted by Gasteiger charge is -2.07. The van der Waals surface area contributed by atoms with Crippen molar-refractivity contribution in [3.63, 3.8) is 0 Å². The Morgan fingerprint density at radius 1 is 1.22 bits per heavy atom. The highest BCUT2D eigenvalue weighted by Crippen LogP contribution is 2.27. The molecule has 2 aromatic heterocycles. The number of thiophene rings is 1. The maximum absolute atomic E-state index is 9.12. The molecule has 3 aromatic rings. The van der Waals surface area contributed by atoms with Gasteiger partial charge in [0.1, 0.15) is 6.33 Å². The summed E-state index contributed by atoms with van der Waals surface area (Å²) < 4.78 is 1.03. The molecule has 0 spiro atoms. The van der Waals surface area contributed by atoms with Crippen LogP contribution in [0.25, 0.3) is 10.2 Å². The van der Waals surface area contributed by atoms with E-state index in [1.165, 1.54) is 0 Å². The van der Waals surface area contributed by atoms with Gasteiger partial charge in [-0.05, 0) is 29.1 Å². The molecule has 5 heteroatoms. The molecular weight excluding hydrogens is 246 g/mol. The molecule has 0 fully saturated rings. The van der Waals surface area contributed by atoms with Gasteiger partial charge in [-0.15, -0.1) is 11.3 Å². The lowest BCUT2D eigenvalue weighted by atomic mass is 10.2. The summed E-state index contributed by atoms with van der Waals surface area (Å²) in [4.78, 5) is 8.45. The first-order chi connectivity index (χ1) is 8.86. The van der Waals surface area contributed by atoms with E-state index in [9.17, 15) is 0 Å². The monoisotopic (exact) mass is 257 g/mol. The first kappa shape index (κ1) is 11.1. The fourth-order valence-corrected chi connectivity index (χ4v) is 2.55. The molecule has 0 aliphatic rings. The van der Waals surface area contributed by atoms with Crippen LogP contribution in [0.5, 0.6) is 0 Å². The summed E-state index contributed by atoms with van der Waals surface area (Å²) in [7, 11) is 0. The van der Waals surface area contributed by atoms with Crippen molar-refractivity contribution in [3.8, 4) is 0 Å². The largest absolute Gasteiger partial charge is 0.392 e. The van der Waals surface area contributed by atoms with E-state index in [-0.39, 0.29) is 6.61 Å². The molecule has 0 bridgehead atoms. The third-order valence-corrected chi connectivity index (χ3v) is 3.53. The van der Waals surface area contributed by atoms with Crippen LogP contribution < -0.4 is 5.32 Å². The second kappa shape index (κ2) is 4.72. The molecule has 0 saturated heterocycles. The molecule has 4 nitrogen and oxygen atoms in total. The lowest BCUT2D eigenvalue weighted by Crippen LogP contribution is -1.95. The van der Waals surface area contributed by atoms with Crippen molar-refractivity contribution >= 4 is 33.1 Å². The van der Waals surface area contributed by atoms with E-state index in [1.54, 1.807) is 17.7 Å². The summed E-state index contributed by atoms with van der Waals surface area (Å²) in [5.74, 6) is 0.796. The smallest absolute Gasteiger partial charge is 0.151 e. The van der Waals surface area contributed by atoms with Gasteiger partial charge in [-0.1, -0.05) is 12.1 Å². The maximum Gasteiger partial charge on any atom is 0.151 e. The molecule has 18 heavy (non-hydrogen) atoms. The normalized spacial score (nSPS) is 10.7. The molecular formula is C13H11N3OS. The van der Waals surface area contributed by atoms with E-state index < -0.39 is 0 Å². The van der Waals surface area contributed by atoms with Crippen molar-refractivity contribution in [3.05, 3.63) is 47.6 Å². The van der Waals surface area contributed by atoms with Gasteiger partial charge in [0.05, 0.1) is 16.8 Å². The number of nitrogens with zero attached hydrogens (tertiary/aromatic N) is 2.